The van der Waals surface area contributed by atoms with Gasteiger partial charge in [-0.3, -0.25) is 14.9 Å². The van der Waals surface area contributed by atoms with Crippen molar-refractivity contribution in [1.29, 1.82) is 0 Å². The van der Waals surface area contributed by atoms with Gasteiger partial charge in [0, 0.05) is 18.0 Å². The zero-order chi connectivity index (χ0) is 15.0. The molecule has 3 rings (SSSR count). The van der Waals surface area contributed by atoms with E-state index >= 15 is 0 Å². The van der Waals surface area contributed by atoms with Crippen LogP contribution in [0.4, 0.5) is 4.79 Å². The Kier molecular flexibility index (Phi) is 3.42. The van der Waals surface area contributed by atoms with E-state index in [4.69, 9.17) is 5.73 Å². The Balaban J connectivity index is 1.65. The van der Waals surface area contributed by atoms with E-state index in [1.54, 1.807) is 4.90 Å². The molecule has 1 unspecified atom stereocenters. The molecular formula is C13H16N4O3S. The number of carbonyl (C=O) groups is 3. The molecular weight excluding hydrogens is 292 g/mol. The summed E-state index contributed by atoms with van der Waals surface area (Å²) in [7, 11) is 0. The molecule has 0 saturated carbocycles. The molecule has 2 aliphatic rings. The zero-order valence-corrected chi connectivity index (χ0v) is 12.1. The minimum atomic E-state index is -0.860. The largest absolute Gasteiger partial charge is 0.341 e. The summed E-state index contributed by atoms with van der Waals surface area (Å²) in [5.74, 6) is -0.445. The maximum absolute atomic E-state index is 12.4. The third-order valence-electron chi connectivity index (χ3n) is 4.06. The van der Waals surface area contributed by atoms with Gasteiger partial charge in [-0.05, 0) is 24.3 Å². The third kappa shape index (κ3) is 2.40. The molecule has 4 amide bonds. The molecule has 8 heteroatoms. The number of urea groups is 1. The first-order chi connectivity index (χ1) is 10.0. The Hall–Kier alpha value is -1.93. The van der Waals surface area contributed by atoms with Gasteiger partial charge in [-0.25, -0.2) is 4.79 Å². The topological polar surface area (TPSA) is 105 Å². The highest BCUT2D eigenvalue weighted by Crippen LogP contribution is 2.27. The van der Waals surface area contributed by atoms with Crippen molar-refractivity contribution < 1.29 is 14.4 Å². The van der Waals surface area contributed by atoms with Crippen molar-refractivity contribution in [3.05, 3.63) is 22.4 Å². The summed E-state index contributed by atoms with van der Waals surface area (Å²) in [6.07, 6.45) is 0.820. The second-order valence-corrected chi connectivity index (χ2v) is 6.29. The van der Waals surface area contributed by atoms with Gasteiger partial charge in [0.1, 0.15) is 11.6 Å². The third-order valence-corrected chi connectivity index (χ3v) is 5.01. The zero-order valence-electron chi connectivity index (χ0n) is 11.3. The van der Waals surface area contributed by atoms with Crippen LogP contribution in [0.25, 0.3) is 0 Å². The number of thiophene rings is 1. The summed E-state index contributed by atoms with van der Waals surface area (Å²) in [6.45, 7) is 0.817. The van der Waals surface area contributed by atoms with E-state index in [-0.39, 0.29) is 11.8 Å². The summed E-state index contributed by atoms with van der Waals surface area (Å²) in [6, 6.07) is 2.57. The second kappa shape index (κ2) is 5.12. The second-order valence-electron chi connectivity index (χ2n) is 5.31. The minimum absolute atomic E-state index is 0.142. The molecule has 4 N–H and O–H groups in total. The lowest BCUT2D eigenvalue weighted by Crippen LogP contribution is -2.56. The van der Waals surface area contributed by atoms with Crippen molar-refractivity contribution in [2.75, 3.05) is 13.1 Å². The number of hydrogen-bond donors (Lipinski definition) is 3. The van der Waals surface area contributed by atoms with Crippen molar-refractivity contribution in [1.82, 2.24) is 15.5 Å². The molecule has 7 nitrogen and oxygen atoms in total. The van der Waals surface area contributed by atoms with Gasteiger partial charge in [-0.15, -0.1) is 11.3 Å². The van der Waals surface area contributed by atoms with Gasteiger partial charge < -0.3 is 16.0 Å². The number of nitrogens with two attached hydrogens (primary N) is 1. The molecule has 2 saturated heterocycles. The predicted molar refractivity (Wildman–Crippen MR) is 76.5 cm³/mol. The van der Waals surface area contributed by atoms with Crippen LogP contribution in [0.3, 0.4) is 0 Å². The maximum Gasteiger partial charge on any atom is 0.322 e. The van der Waals surface area contributed by atoms with Gasteiger partial charge in [0.05, 0.1) is 0 Å². The first kappa shape index (κ1) is 14.0. The van der Waals surface area contributed by atoms with E-state index in [0.29, 0.717) is 25.9 Å². The Bertz CT molecular complexity index is 578. The molecule has 1 spiro atoms. The van der Waals surface area contributed by atoms with Gasteiger partial charge in [-0.2, -0.15) is 0 Å². The Labute approximate surface area is 125 Å². The number of nitrogens with one attached hydrogen (secondary N) is 2. The van der Waals surface area contributed by atoms with E-state index in [1.807, 2.05) is 17.5 Å². The van der Waals surface area contributed by atoms with Gasteiger partial charge in [0.15, 0.2) is 0 Å². The molecule has 2 aliphatic heterocycles. The lowest BCUT2D eigenvalue weighted by molar-refractivity contribution is -0.137. The van der Waals surface area contributed by atoms with Crippen LogP contribution < -0.4 is 16.4 Å². The standard InChI is InChI=1S/C13H16N4O3S/c14-9(8-2-1-7-21-8)10(18)17-5-3-13(4-6-17)11(19)15-12(20)16-13/h1-2,7,9H,3-6,14H2,(H2,15,16,19,20). The smallest absolute Gasteiger partial charge is 0.322 e. The maximum atomic E-state index is 12.4. The summed E-state index contributed by atoms with van der Waals surface area (Å²) in [4.78, 5) is 38.0. The highest BCUT2D eigenvalue weighted by Gasteiger charge is 2.48. The summed E-state index contributed by atoms with van der Waals surface area (Å²) in [5.41, 5.74) is 5.12. The number of imide groups is 1. The summed E-state index contributed by atoms with van der Waals surface area (Å²) < 4.78 is 0. The average molecular weight is 308 g/mol. The predicted octanol–water partition coefficient (Wildman–Crippen LogP) is -0.0515. The average Bonchev–Trinajstić information content (AvgIpc) is 3.08. The fourth-order valence-corrected chi connectivity index (χ4v) is 3.49. The normalized spacial score (nSPS) is 22.0. The van der Waals surface area contributed by atoms with E-state index < -0.39 is 17.6 Å². The highest BCUT2D eigenvalue weighted by atomic mass is 32.1. The Morgan fingerprint density at radius 2 is 2.10 bits per heavy atom. The van der Waals surface area contributed by atoms with Gasteiger partial charge in [-0.1, -0.05) is 6.07 Å². The molecule has 0 aliphatic carbocycles. The van der Waals surface area contributed by atoms with Crippen LogP contribution in [0.2, 0.25) is 0 Å². The van der Waals surface area contributed by atoms with Crippen LogP contribution in [-0.4, -0.2) is 41.4 Å². The molecule has 0 radical (unpaired) electrons. The molecule has 21 heavy (non-hydrogen) atoms. The number of hydrogen-bond acceptors (Lipinski definition) is 5. The van der Waals surface area contributed by atoms with Crippen LogP contribution >= 0.6 is 11.3 Å². The number of amides is 4. The number of piperidine rings is 1. The fourth-order valence-electron chi connectivity index (χ4n) is 2.78. The van der Waals surface area contributed by atoms with Crippen LogP contribution in [-0.2, 0) is 9.59 Å². The summed E-state index contributed by atoms with van der Waals surface area (Å²) >= 11 is 1.45. The summed E-state index contributed by atoms with van der Waals surface area (Å²) in [5, 5.41) is 6.80. The van der Waals surface area contributed by atoms with Crippen molar-refractivity contribution in [3.8, 4) is 0 Å². The van der Waals surface area contributed by atoms with E-state index in [9.17, 15) is 14.4 Å². The van der Waals surface area contributed by atoms with Gasteiger partial charge in [0.25, 0.3) is 5.91 Å². The van der Waals surface area contributed by atoms with Crippen molar-refractivity contribution in [2.24, 2.45) is 5.73 Å². The molecule has 112 valence electrons. The van der Waals surface area contributed by atoms with Crippen LogP contribution in [0, 0.1) is 0 Å². The molecule has 0 aromatic carbocycles. The van der Waals surface area contributed by atoms with Crippen molar-refractivity contribution in [2.45, 2.75) is 24.4 Å². The quantitative estimate of drug-likeness (QED) is 0.666. The monoisotopic (exact) mass is 308 g/mol. The van der Waals surface area contributed by atoms with E-state index in [2.05, 4.69) is 10.6 Å². The van der Waals surface area contributed by atoms with Crippen LogP contribution in [0.15, 0.2) is 17.5 Å². The lowest BCUT2D eigenvalue weighted by Gasteiger charge is -2.37. The van der Waals surface area contributed by atoms with Crippen molar-refractivity contribution in [3.63, 3.8) is 0 Å². The fraction of sp³-hybridized carbons (Fsp3) is 0.462. The van der Waals surface area contributed by atoms with Crippen LogP contribution in [0.1, 0.15) is 23.8 Å². The molecule has 1 atom stereocenters. The Morgan fingerprint density at radius 3 is 2.62 bits per heavy atom. The first-order valence-electron chi connectivity index (χ1n) is 6.73. The Morgan fingerprint density at radius 1 is 1.38 bits per heavy atom. The minimum Gasteiger partial charge on any atom is -0.341 e. The highest BCUT2D eigenvalue weighted by molar-refractivity contribution is 7.10. The van der Waals surface area contributed by atoms with Crippen molar-refractivity contribution >= 4 is 29.2 Å². The SMILES string of the molecule is NC(C(=O)N1CCC2(CC1)NC(=O)NC2=O)c1cccs1. The van der Waals surface area contributed by atoms with Gasteiger partial charge in [0.2, 0.25) is 5.91 Å². The van der Waals surface area contributed by atoms with Gasteiger partial charge >= 0.3 is 6.03 Å². The number of likely N-dealkylation sites (tertiary alicyclic amines) is 1. The first-order valence-corrected chi connectivity index (χ1v) is 7.61. The van der Waals surface area contributed by atoms with Crippen LogP contribution in [0.5, 0.6) is 0 Å². The molecule has 1 aromatic rings. The lowest BCUT2D eigenvalue weighted by atomic mass is 9.87. The molecule has 0 bridgehead atoms. The molecule has 2 fully saturated rings. The number of carbonyl (C=O) groups excluding carboxylic acids is 3. The molecule has 1 aromatic heterocycles. The number of nitrogens with zero attached hydrogens (tertiary/aromatic N) is 1. The molecule has 3 heterocycles. The van der Waals surface area contributed by atoms with E-state index in [0.717, 1.165) is 4.88 Å². The van der Waals surface area contributed by atoms with E-state index in [1.165, 1.54) is 11.3 Å². The number of rotatable bonds is 2.